The first-order valence-corrected chi connectivity index (χ1v) is 7.89. The van der Waals surface area contributed by atoms with E-state index in [0.717, 1.165) is 43.1 Å². The molecule has 4 heteroatoms. The molecule has 1 aliphatic heterocycles. The van der Waals surface area contributed by atoms with Gasteiger partial charge in [0.2, 0.25) is 0 Å². The monoisotopic (exact) mass is 295 g/mol. The van der Waals surface area contributed by atoms with Crippen LogP contribution in [-0.2, 0) is 6.54 Å². The van der Waals surface area contributed by atoms with Crippen LogP contribution in [0.15, 0.2) is 18.5 Å². The fraction of sp³-hybridized carbons (Fsp3) is 0.688. The van der Waals surface area contributed by atoms with Gasteiger partial charge in [-0.15, -0.1) is 0 Å². The Kier molecular flexibility index (Phi) is 4.73. The fourth-order valence-corrected chi connectivity index (χ4v) is 3.06. The van der Waals surface area contributed by atoms with E-state index in [2.05, 4.69) is 42.9 Å². The zero-order valence-corrected chi connectivity index (χ0v) is 13.8. The average molecular weight is 296 g/mol. The van der Waals surface area contributed by atoms with Gasteiger partial charge in [0, 0.05) is 43.1 Å². The zero-order valence-electron chi connectivity index (χ0n) is 13.0. The van der Waals surface area contributed by atoms with Crippen LogP contribution in [0.25, 0.3) is 0 Å². The molecule has 1 aliphatic rings. The molecule has 0 unspecified atom stereocenters. The van der Waals surface area contributed by atoms with Crippen molar-refractivity contribution >= 4 is 11.6 Å². The van der Waals surface area contributed by atoms with E-state index in [-0.39, 0.29) is 11.1 Å². The van der Waals surface area contributed by atoms with Crippen LogP contribution in [0.3, 0.4) is 0 Å². The number of hydrogen-bond donors (Lipinski definition) is 1. The molecule has 0 aromatic carbocycles. The summed E-state index contributed by atoms with van der Waals surface area (Å²) >= 11 is 6.27. The van der Waals surface area contributed by atoms with Gasteiger partial charge >= 0.3 is 0 Å². The van der Waals surface area contributed by atoms with Crippen molar-refractivity contribution in [3.63, 3.8) is 0 Å². The Hall–Kier alpha value is -0.640. The SMILES string of the molecule is CCC1(CC)CN(Cc2ccncc2Cl)C(C)(C)CN1. The Morgan fingerprint density at radius 2 is 2.05 bits per heavy atom. The normalized spacial score (nSPS) is 21.9. The molecule has 1 saturated heterocycles. The zero-order chi connectivity index (χ0) is 14.8. The minimum absolute atomic E-state index is 0.139. The smallest absolute Gasteiger partial charge is 0.0634 e. The molecule has 0 aliphatic carbocycles. The van der Waals surface area contributed by atoms with Gasteiger partial charge in [-0.05, 0) is 38.3 Å². The van der Waals surface area contributed by atoms with Crippen LogP contribution in [0.4, 0.5) is 0 Å². The first kappa shape index (κ1) is 15.7. The number of aromatic nitrogens is 1. The summed E-state index contributed by atoms with van der Waals surface area (Å²) < 4.78 is 0. The van der Waals surface area contributed by atoms with Crippen molar-refractivity contribution in [3.05, 3.63) is 29.0 Å². The quantitative estimate of drug-likeness (QED) is 0.922. The van der Waals surface area contributed by atoms with Crippen LogP contribution in [-0.4, -0.2) is 34.1 Å². The van der Waals surface area contributed by atoms with E-state index in [4.69, 9.17) is 11.6 Å². The van der Waals surface area contributed by atoms with E-state index in [1.54, 1.807) is 6.20 Å². The minimum atomic E-state index is 0.139. The molecule has 2 heterocycles. The molecule has 2 rings (SSSR count). The summed E-state index contributed by atoms with van der Waals surface area (Å²) in [6.07, 6.45) is 5.86. The highest BCUT2D eigenvalue weighted by molar-refractivity contribution is 6.31. The van der Waals surface area contributed by atoms with Crippen molar-refractivity contribution in [1.29, 1.82) is 0 Å². The molecule has 1 N–H and O–H groups in total. The molecular weight excluding hydrogens is 270 g/mol. The van der Waals surface area contributed by atoms with Gasteiger partial charge in [-0.25, -0.2) is 0 Å². The Labute approximate surface area is 127 Å². The Morgan fingerprint density at radius 3 is 2.65 bits per heavy atom. The topological polar surface area (TPSA) is 28.2 Å². The number of nitrogens with zero attached hydrogens (tertiary/aromatic N) is 2. The Bertz CT molecular complexity index is 455. The van der Waals surface area contributed by atoms with Crippen LogP contribution in [0.1, 0.15) is 46.1 Å². The molecule has 1 aromatic heterocycles. The van der Waals surface area contributed by atoms with E-state index in [1.807, 2.05) is 12.3 Å². The molecule has 0 amide bonds. The number of nitrogens with one attached hydrogen (secondary N) is 1. The third-order valence-corrected chi connectivity index (χ3v) is 5.16. The van der Waals surface area contributed by atoms with Crippen LogP contribution in [0.2, 0.25) is 5.02 Å². The summed E-state index contributed by atoms with van der Waals surface area (Å²) in [6.45, 7) is 12.1. The lowest BCUT2D eigenvalue weighted by atomic mass is 9.84. The predicted octanol–water partition coefficient (Wildman–Crippen LogP) is 3.48. The first-order chi connectivity index (χ1) is 9.42. The van der Waals surface area contributed by atoms with Crippen molar-refractivity contribution in [3.8, 4) is 0 Å². The average Bonchev–Trinajstić information content (AvgIpc) is 2.44. The van der Waals surface area contributed by atoms with Crippen molar-refractivity contribution in [2.45, 2.75) is 58.2 Å². The second-order valence-electron chi connectivity index (χ2n) is 6.48. The summed E-state index contributed by atoms with van der Waals surface area (Å²) in [5.41, 5.74) is 1.54. The van der Waals surface area contributed by atoms with Gasteiger partial charge in [-0.2, -0.15) is 0 Å². The Balaban J connectivity index is 2.20. The lowest BCUT2D eigenvalue weighted by molar-refractivity contribution is 0.0162. The van der Waals surface area contributed by atoms with Crippen molar-refractivity contribution in [2.75, 3.05) is 13.1 Å². The van der Waals surface area contributed by atoms with E-state index in [9.17, 15) is 0 Å². The number of halogens is 1. The molecular formula is C16H26ClN3. The lowest BCUT2D eigenvalue weighted by Gasteiger charge is -2.52. The highest BCUT2D eigenvalue weighted by Gasteiger charge is 2.40. The fourth-order valence-electron chi connectivity index (χ4n) is 2.88. The van der Waals surface area contributed by atoms with Gasteiger partial charge in [0.05, 0.1) is 5.02 Å². The molecule has 3 nitrogen and oxygen atoms in total. The number of piperazine rings is 1. The largest absolute Gasteiger partial charge is 0.308 e. The van der Waals surface area contributed by atoms with Crippen LogP contribution < -0.4 is 5.32 Å². The number of hydrogen-bond acceptors (Lipinski definition) is 3. The third kappa shape index (κ3) is 3.16. The lowest BCUT2D eigenvalue weighted by Crippen LogP contribution is -2.67. The van der Waals surface area contributed by atoms with Crippen LogP contribution >= 0.6 is 11.6 Å². The summed E-state index contributed by atoms with van der Waals surface area (Å²) in [6, 6.07) is 2.03. The summed E-state index contributed by atoms with van der Waals surface area (Å²) in [5, 5.41) is 4.53. The molecule has 0 atom stereocenters. The van der Waals surface area contributed by atoms with Crippen molar-refractivity contribution in [2.24, 2.45) is 0 Å². The molecule has 20 heavy (non-hydrogen) atoms. The van der Waals surface area contributed by atoms with E-state index < -0.39 is 0 Å². The highest BCUT2D eigenvalue weighted by atomic mass is 35.5. The maximum atomic E-state index is 6.27. The summed E-state index contributed by atoms with van der Waals surface area (Å²) in [5.74, 6) is 0. The van der Waals surface area contributed by atoms with Gasteiger partial charge in [0.1, 0.15) is 0 Å². The summed E-state index contributed by atoms with van der Waals surface area (Å²) in [7, 11) is 0. The highest BCUT2D eigenvalue weighted by Crippen LogP contribution is 2.30. The second-order valence-corrected chi connectivity index (χ2v) is 6.88. The standard InChI is InChI=1S/C16H26ClN3/c1-5-16(6-2)12-20(15(3,4)11-19-16)10-13-7-8-18-9-14(13)17/h7-9,19H,5-6,10-12H2,1-4H3. The van der Waals surface area contributed by atoms with E-state index in [1.165, 1.54) is 0 Å². The van der Waals surface area contributed by atoms with Gasteiger partial charge in [-0.1, -0.05) is 25.4 Å². The predicted molar refractivity (Wildman–Crippen MR) is 85.1 cm³/mol. The molecule has 112 valence electrons. The van der Waals surface area contributed by atoms with Gasteiger partial charge < -0.3 is 5.32 Å². The van der Waals surface area contributed by atoms with Gasteiger partial charge in [0.25, 0.3) is 0 Å². The number of rotatable bonds is 4. The van der Waals surface area contributed by atoms with Gasteiger partial charge in [-0.3, -0.25) is 9.88 Å². The molecule has 0 saturated carbocycles. The van der Waals surface area contributed by atoms with Crippen LogP contribution in [0.5, 0.6) is 0 Å². The summed E-state index contributed by atoms with van der Waals surface area (Å²) in [4.78, 5) is 6.63. The molecule has 1 fully saturated rings. The molecule has 1 aromatic rings. The van der Waals surface area contributed by atoms with E-state index >= 15 is 0 Å². The molecule has 0 bridgehead atoms. The third-order valence-electron chi connectivity index (χ3n) is 4.82. The Morgan fingerprint density at radius 1 is 1.35 bits per heavy atom. The molecule has 0 spiro atoms. The molecule has 0 radical (unpaired) electrons. The van der Waals surface area contributed by atoms with Crippen molar-refractivity contribution in [1.82, 2.24) is 15.2 Å². The maximum Gasteiger partial charge on any atom is 0.0634 e. The van der Waals surface area contributed by atoms with Crippen LogP contribution in [0, 0.1) is 0 Å². The minimum Gasteiger partial charge on any atom is -0.308 e. The second kappa shape index (κ2) is 6.00. The van der Waals surface area contributed by atoms with Crippen molar-refractivity contribution < 1.29 is 0 Å². The van der Waals surface area contributed by atoms with Gasteiger partial charge in [0.15, 0.2) is 0 Å². The van der Waals surface area contributed by atoms with E-state index in [0.29, 0.717) is 0 Å². The maximum absolute atomic E-state index is 6.27. The first-order valence-electron chi connectivity index (χ1n) is 7.51. The number of pyridine rings is 1.